The predicted molar refractivity (Wildman–Crippen MR) is 96.3 cm³/mol. The molecule has 0 radical (unpaired) electrons. The summed E-state index contributed by atoms with van der Waals surface area (Å²) in [7, 11) is 0. The summed E-state index contributed by atoms with van der Waals surface area (Å²) in [6.07, 6.45) is 2.45. The Kier molecular flexibility index (Phi) is 4.88. The minimum Gasteiger partial charge on any atom is -0.341 e. The van der Waals surface area contributed by atoms with E-state index in [0.29, 0.717) is 0 Å². The van der Waals surface area contributed by atoms with E-state index in [9.17, 15) is 0 Å². The second-order valence-corrected chi connectivity index (χ2v) is 7.52. The highest BCUT2D eigenvalue weighted by atomic mass is 79.9. The number of aryl methyl sites for hydroxylation is 1. The van der Waals surface area contributed by atoms with Crippen molar-refractivity contribution in [3.8, 4) is 5.69 Å². The van der Waals surface area contributed by atoms with Gasteiger partial charge in [-0.3, -0.25) is 4.57 Å². The first kappa shape index (κ1) is 15.6. The lowest BCUT2D eigenvalue weighted by atomic mass is 10.2. The summed E-state index contributed by atoms with van der Waals surface area (Å²) in [6, 6.07) is 8.51. The van der Waals surface area contributed by atoms with Crippen LogP contribution in [0.15, 0.2) is 40.5 Å². The lowest BCUT2D eigenvalue weighted by Gasteiger charge is -2.18. The van der Waals surface area contributed by atoms with Gasteiger partial charge in [-0.25, -0.2) is 0 Å². The number of rotatable bonds is 5. The summed E-state index contributed by atoms with van der Waals surface area (Å²) < 4.78 is 3.12. The second kappa shape index (κ2) is 6.87. The average molecular weight is 379 g/mol. The van der Waals surface area contributed by atoms with E-state index in [1.807, 2.05) is 0 Å². The van der Waals surface area contributed by atoms with E-state index in [2.05, 4.69) is 73.4 Å². The van der Waals surface area contributed by atoms with Gasteiger partial charge in [-0.1, -0.05) is 52.0 Å². The van der Waals surface area contributed by atoms with Gasteiger partial charge in [0.15, 0.2) is 5.16 Å². The van der Waals surface area contributed by atoms with Gasteiger partial charge in [-0.2, -0.15) is 0 Å². The largest absolute Gasteiger partial charge is 0.341 e. The number of anilines is 1. The van der Waals surface area contributed by atoms with E-state index in [-0.39, 0.29) is 0 Å². The van der Waals surface area contributed by atoms with Crippen molar-refractivity contribution in [2.45, 2.75) is 24.9 Å². The first-order chi connectivity index (χ1) is 10.6. The van der Waals surface area contributed by atoms with Crippen molar-refractivity contribution in [2.75, 3.05) is 23.7 Å². The molecule has 2 heterocycles. The van der Waals surface area contributed by atoms with Gasteiger partial charge in [0, 0.05) is 18.8 Å². The fourth-order valence-corrected chi connectivity index (χ4v) is 3.58. The summed E-state index contributed by atoms with van der Waals surface area (Å²) in [5.74, 6) is 1.73. The van der Waals surface area contributed by atoms with Crippen LogP contribution in [0.5, 0.6) is 0 Å². The van der Waals surface area contributed by atoms with Crippen molar-refractivity contribution in [3.63, 3.8) is 0 Å². The van der Waals surface area contributed by atoms with Crippen molar-refractivity contribution in [2.24, 2.45) is 0 Å². The lowest BCUT2D eigenvalue weighted by molar-refractivity contribution is 0.841. The van der Waals surface area contributed by atoms with Gasteiger partial charge in [0.2, 0.25) is 5.95 Å². The van der Waals surface area contributed by atoms with Crippen molar-refractivity contribution in [1.82, 2.24) is 14.8 Å². The van der Waals surface area contributed by atoms with Crippen LogP contribution < -0.4 is 4.90 Å². The van der Waals surface area contributed by atoms with E-state index < -0.39 is 0 Å². The Morgan fingerprint density at radius 1 is 1.23 bits per heavy atom. The highest BCUT2D eigenvalue weighted by Gasteiger charge is 2.22. The number of hydrogen-bond donors (Lipinski definition) is 0. The summed E-state index contributed by atoms with van der Waals surface area (Å²) in [4.78, 5) is 2.32. The molecule has 0 N–H and O–H groups in total. The van der Waals surface area contributed by atoms with Crippen molar-refractivity contribution in [1.29, 1.82) is 0 Å². The summed E-state index contributed by atoms with van der Waals surface area (Å²) in [6.45, 7) is 8.11. The van der Waals surface area contributed by atoms with Gasteiger partial charge in [-0.05, 0) is 36.4 Å². The Morgan fingerprint density at radius 3 is 2.55 bits per heavy atom. The van der Waals surface area contributed by atoms with Crippen LogP contribution >= 0.6 is 27.7 Å². The predicted octanol–water partition coefficient (Wildman–Crippen LogP) is 4.18. The van der Waals surface area contributed by atoms with Crippen LogP contribution in [0.4, 0.5) is 5.95 Å². The molecule has 0 bridgehead atoms. The Morgan fingerprint density at radius 2 is 1.91 bits per heavy atom. The SMILES string of the molecule is C=C(Br)CSc1nnc(N2CCCC2)n1-c1ccc(C)cc1. The Labute approximate surface area is 143 Å². The molecule has 1 aliphatic rings. The van der Waals surface area contributed by atoms with E-state index in [1.54, 1.807) is 11.8 Å². The number of aromatic nitrogens is 3. The van der Waals surface area contributed by atoms with Crippen LogP contribution in [0.1, 0.15) is 18.4 Å². The molecule has 0 aliphatic carbocycles. The number of thioether (sulfide) groups is 1. The number of nitrogens with zero attached hydrogens (tertiary/aromatic N) is 4. The molecule has 4 nitrogen and oxygen atoms in total. The zero-order valence-electron chi connectivity index (χ0n) is 12.6. The monoisotopic (exact) mass is 378 g/mol. The second-order valence-electron chi connectivity index (χ2n) is 5.45. The van der Waals surface area contributed by atoms with Gasteiger partial charge in [0.25, 0.3) is 0 Å². The first-order valence-corrected chi connectivity index (χ1v) is 9.16. The average Bonchev–Trinajstić information content (AvgIpc) is 3.15. The van der Waals surface area contributed by atoms with Crippen LogP contribution in [-0.2, 0) is 0 Å². The van der Waals surface area contributed by atoms with Crippen LogP contribution in [0.2, 0.25) is 0 Å². The van der Waals surface area contributed by atoms with Gasteiger partial charge in [0.05, 0.1) is 5.69 Å². The molecule has 0 spiro atoms. The molecule has 0 unspecified atom stereocenters. The smallest absolute Gasteiger partial charge is 0.232 e. The van der Waals surface area contributed by atoms with Gasteiger partial charge in [-0.15, -0.1) is 10.2 Å². The molecule has 1 aromatic heterocycles. The maximum Gasteiger partial charge on any atom is 0.232 e. The molecule has 0 atom stereocenters. The third kappa shape index (κ3) is 3.38. The molecule has 116 valence electrons. The van der Waals surface area contributed by atoms with Crippen molar-refractivity contribution >= 4 is 33.6 Å². The molecule has 1 fully saturated rings. The van der Waals surface area contributed by atoms with E-state index in [0.717, 1.165) is 40.1 Å². The Balaban J connectivity index is 1.99. The molecule has 0 amide bonds. The van der Waals surface area contributed by atoms with Crippen LogP contribution in [0.25, 0.3) is 5.69 Å². The molecule has 1 saturated heterocycles. The molecular weight excluding hydrogens is 360 g/mol. The van der Waals surface area contributed by atoms with E-state index in [1.165, 1.54) is 18.4 Å². The fourth-order valence-electron chi connectivity index (χ4n) is 2.54. The topological polar surface area (TPSA) is 34.0 Å². The maximum absolute atomic E-state index is 4.45. The molecule has 3 rings (SSSR count). The molecular formula is C16H19BrN4S. The third-order valence-corrected chi connectivity index (χ3v) is 5.32. The highest BCUT2D eigenvalue weighted by Crippen LogP contribution is 2.29. The molecule has 1 aromatic carbocycles. The number of hydrogen-bond acceptors (Lipinski definition) is 4. The fraction of sp³-hybridized carbons (Fsp3) is 0.375. The molecule has 22 heavy (non-hydrogen) atoms. The van der Waals surface area contributed by atoms with E-state index >= 15 is 0 Å². The van der Waals surface area contributed by atoms with Crippen LogP contribution in [0, 0.1) is 6.92 Å². The van der Waals surface area contributed by atoms with Crippen molar-refractivity contribution in [3.05, 3.63) is 40.9 Å². The normalized spacial score (nSPS) is 14.5. The zero-order chi connectivity index (χ0) is 15.5. The maximum atomic E-state index is 4.45. The summed E-state index contributed by atoms with van der Waals surface area (Å²) in [5, 5.41) is 9.76. The Hall–Kier alpha value is -1.27. The lowest BCUT2D eigenvalue weighted by Crippen LogP contribution is -2.22. The van der Waals surface area contributed by atoms with Crippen LogP contribution in [-0.4, -0.2) is 33.6 Å². The molecule has 6 heteroatoms. The minimum absolute atomic E-state index is 0.782. The van der Waals surface area contributed by atoms with Gasteiger partial charge >= 0.3 is 0 Å². The van der Waals surface area contributed by atoms with Crippen LogP contribution in [0.3, 0.4) is 0 Å². The highest BCUT2D eigenvalue weighted by molar-refractivity contribution is 9.11. The zero-order valence-corrected chi connectivity index (χ0v) is 15.0. The Bertz CT molecular complexity index is 659. The minimum atomic E-state index is 0.782. The first-order valence-electron chi connectivity index (χ1n) is 7.38. The molecule has 1 aliphatic heterocycles. The standard InChI is InChI=1S/C16H19BrN4S/c1-12-5-7-14(8-6-12)21-15(20-9-3-4-10-20)18-19-16(21)22-11-13(2)17/h5-8H,2-4,9-11H2,1H3. The molecule has 0 saturated carbocycles. The third-order valence-electron chi connectivity index (χ3n) is 3.66. The summed E-state index contributed by atoms with van der Waals surface area (Å²) in [5.41, 5.74) is 2.36. The number of benzene rings is 1. The van der Waals surface area contributed by atoms with E-state index in [4.69, 9.17) is 0 Å². The quantitative estimate of drug-likeness (QED) is 0.730. The summed E-state index contributed by atoms with van der Waals surface area (Å²) >= 11 is 5.06. The van der Waals surface area contributed by atoms with Gasteiger partial charge in [0.1, 0.15) is 0 Å². The van der Waals surface area contributed by atoms with Gasteiger partial charge < -0.3 is 4.90 Å². The molecule has 2 aromatic rings. The van der Waals surface area contributed by atoms with Crippen molar-refractivity contribution < 1.29 is 0 Å². The number of halogens is 1.